The molecule has 22 heavy (non-hydrogen) atoms. The van der Waals surface area contributed by atoms with Crippen LogP contribution in [0.3, 0.4) is 0 Å². The van der Waals surface area contributed by atoms with Crippen molar-refractivity contribution in [3.8, 4) is 0 Å². The number of carbonyl (C=O) groups excluding carboxylic acids is 1. The van der Waals surface area contributed by atoms with Gasteiger partial charge >= 0.3 is 0 Å². The van der Waals surface area contributed by atoms with E-state index in [0.717, 1.165) is 33.6 Å². The molecule has 0 atom stereocenters. The van der Waals surface area contributed by atoms with E-state index in [-0.39, 0.29) is 5.91 Å². The maximum atomic E-state index is 12.3. The molecule has 1 aliphatic heterocycles. The van der Waals surface area contributed by atoms with Crippen molar-refractivity contribution in [3.05, 3.63) is 64.8 Å². The lowest BCUT2D eigenvalue weighted by molar-refractivity contribution is -0.110. The zero-order valence-corrected chi connectivity index (χ0v) is 12.5. The van der Waals surface area contributed by atoms with Gasteiger partial charge in [0, 0.05) is 27.8 Å². The highest BCUT2D eigenvalue weighted by molar-refractivity contribution is 6.35. The van der Waals surface area contributed by atoms with Crippen molar-refractivity contribution >= 4 is 34.1 Å². The Morgan fingerprint density at radius 2 is 1.86 bits per heavy atom. The third kappa shape index (κ3) is 1.86. The first-order chi connectivity index (χ1) is 10.6. The normalized spacial score (nSPS) is 15.4. The standard InChI is InChI=1S/C19H16N2O/c1-11-7-8-17-14(9-11)15(19(22)21-17)10-18-12(2)13-5-3-4-6-16(13)20-18/h3-10,20H,1-2H3,(H,21,22)/b15-10-. The zero-order valence-electron chi connectivity index (χ0n) is 12.5. The number of aromatic amines is 1. The Bertz CT molecular complexity index is 947. The Balaban J connectivity index is 1.91. The molecule has 0 fully saturated rings. The van der Waals surface area contributed by atoms with E-state index in [4.69, 9.17) is 0 Å². The number of nitrogens with one attached hydrogen (secondary N) is 2. The van der Waals surface area contributed by atoms with Gasteiger partial charge in [-0.15, -0.1) is 0 Å². The lowest BCUT2D eigenvalue weighted by atomic mass is 10.0. The highest BCUT2D eigenvalue weighted by Gasteiger charge is 2.24. The lowest BCUT2D eigenvalue weighted by Gasteiger charge is -2.00. The van der Waals surface area contributed by atoms with E-state index in [1.54, 1.807) is 0 Å². The van der Waals surface area contributed by atoms with E-state index >= 15 is 0 Å². The zero-order chi connectivity index (χ0) is 15.3. The average Bonchev–Trinajstić information content (AvgIpc) is 2.99. The van der Waals surface area contributed by atoms with E-state index in [0.29, 0.717) is 5.57 Å². The molecule has 1 amide bonds. The SMILES string of the molecule is Cc1ccc2c(c1)/C(=C/c1[nH]c3ccccc3c1C)C(=O)N2. The number of H-pyrrole nitrogens is 1. The van der Waals surface area contributed by atoms with Crippen molar-refractivity contribution in [1.82, 2.24) is 4.98 Å². The molecule has 3 aromatic rings. The molecule has 0 aliphatic carbocycles. The first kappa shape index (κ1) is 12.9. The van der Waals surface area contributed by atoms with Crippen LogP contribution in [0.5, 0.6) is 0 Å². The maximum Gasteiger partial charge on any atom is 0.256 e. The minimum Gasteiger partial charge on any atom is -0.355 e. The van der Waals surface area contributed by atoms with E-state index < -0.39 is 0 Å². The van der Waals surface area contributed by atoms with Crippen LogP contribution in [0.25, 0.3) is 22.6 Å². The van der Waals surface area contributed by atoms with Gasteiger partial charge in [-0.25, -0.2) is 0 Å². The maximum absolute atomic E-state index is 12.3. The van der Waals surface area contributed by atoms with Crippen LogP contribution in [0.4, 0.5) is 5.69 Å². The summed E-state index contributed by atoms with van der Waals surface area (Å²) < 4.78 is 0. The van der Waals surface area contributed by atoms with E-state index in [9.17, 15) is 4.79 Å². The molecule has 3 heteroatoms. The van der Waals surface area contributed by atoms with Crippen LogP contribution in [-0.4, -0.2) is 10.9 Å². The van der Waals surface area contributed by atoms with Crippen LogP contribution in [0.15, 0.2) is 42.5 Å². The molecule has 0 saturated heterocycles. The summed E-state index contributed by atoms with van der Waals surface area (Å²) in [5.74, 6) is -0.0429. The number of hydrogen-bond acceptors (Lipinski definition) is 1. The topological polar surface area (TPSA) is 44.9 Å². The van der Waals surface area contributed by atoms with Gasteiger partial charge in [-0.2, -0.15) is 0 Å². The van der Waals surface area contributed by atoms with Crippen LogP contribution >= 0.6 is 0 Å². The van der Waals surface area contributed by atoms with Crippen LogP contribution < -0.4 is 5.32 Å². The number of amides is 1. The summed E-state index contributed by atoms with van der Waals surface area (Å²) in [4.78, 5) is 15.7. The molecule has 0 spiro atoms. The largest absolute Gasteiger partial charge is 0.355 e. The first-order valence-corrected chi connectivity index (χ1v) is 7.35. The number of aryl methyl sites for hydroxylation is 2. The summed E-state index contributed by atoms with van der Waals surface area (Å²) in [5.41, 5.74) is 6.97. The monoisotopic (exact) mass is 288 g/mol. The summed E-state index contributed by atoms with van der Waals surface area (Å²) >= 11 is 0. The minimum absolute atomic E-state index is 0.0429. The second kappa shape index (κ2) is 4.60. The predicted octanol–water partition coefficient (Wildman–Crippen LogP) is 4.28. The number of hydrogen-bond donors (Lipinski definition) is 2. The molecule has 108 valence electrons. The Labute approximate surface area is 128 Å². The number of carbonyl (C=O) groups is 1. The second-order valence-electron chi connectivity index (χ2n) is 5.77. The number of anilines is 1. The summed E-state index contributed by atoms with van der Waals surface area (Å²) in [6.45, 7) is 4.12. The van der Waals surface area contributed by atoms with Crippen LogP contribution in [0.1, 0.15) is 22.4 Å². The quantitative estimate of drug-likeness (QED) is 0.645. The van der Waals surface area contributed by atoms with Crippen molar-refractivity contribution in [3.63, 3.8) is 0 Å². The molecule has 0 saturated carbocycles. The van der Waals surface area contributed by atoms with E-state index in [2.05, 4.69) is 35.4 Å². The highest BCUT2D eigenvalue weighted by Crippen LogP contribution is 2.34. The molecule has 3 nitrogen and oxygen atoms in total. The number of rotatable bonds is 1. The number of aromatic nitrogens is 1. The Kier molecular flexibility index (Phi) is 2.70. The molecule has 1 aliphatic rings. The van der Waals surface area contributed by atoms with Gasteiger partial charge in [0.1, 0.15) is 0 Å². The molecule has 0 radical (unpaired) electrons. The summed E-state index contributed by atoms with van der Waals surface area (Å²) in [5, 5.41) is 4.12. The molecule has 0 unspecified atom stereocenters. The molecular formula is C19H16N2O. The molecule has 4 rings (SSSR count). The van der Waals surface area contributed by atoms with Crippen LogP contribution in [0.2, 0.25) is 0 Å². The van der Waals surface area contributed by atoms with Crippen molar-refractivity contribution in [2.75, 3.05) is 5.32 Å². The van der Waals surface area contributed by atoms with Gasteiger partial charge in [-0.1, -0.05) is 29.8 Å². The minimum atomic E-state index is -0.0429. The van der Waals surface area contributed by atoms with Crippen molar-refractivity contribution in [2.45, 2.75) is 13.8 Å². The third-order valence-electron chi connectivity index (χ3n) is 4.25. The fourth-order valence-electron chi connectivity index (χ4n) is 3.04. The van der Waals surface area contributed by atoms with E-state index in [1.807, 2.05) is 37.3 Å². The molecule has 2 N–H and O–H groups in total. The molecule has 1 aromatic heterocycles. The fourth-order valence-corrected chi connectivity index (χ4v) is 3.04. The first-order valence-electron chi connectivity index (χ1n) is 7.35. The Hall–Kier alpha value is -2.81. The van der Waals surface area contributed by atoms with Gasteiger partial charge in [-0.3, -0.25) is 4.79 Å². The average molecular weight is 288 g/mol. The molecule has 2 aromatic carbocycles. The van der Waals surface area contributed by atoms with Crippen molar-refractivity contribution in [1.29, 1.82) is 0 Å². The van der Waals surface area contributed by atoms with Gasteiger partial charge in [-0.05, 0) is 43.7 Å². The van der Waals surface area contributed by atoms with Gasteiger partial charge in [0.25, 0.3) is 5.91 Å². The third-order valence-corrected chi connectivity index (χ3v) is 4.25. The van der Waals surface area contributed by atoms with Gasteiger partial charge < -0.3 is 10.3 Å². The molecular weight excluding hydrogens is 272 g/mol. The summed E-state index contributed by atoms with van der Waals surface area (Å²) in [7, 11) is 0. The Morgan fingerprint density at radius 3 is 2.68 bits per heavy atom. The second-order valence-corrected chi connectivity index (χ2v) is 5.77. The van der Waals surface area contributed by atoms with Crippen LogP contribution in [-0.2, 0) is 4.79 Å². The van der Waals surface area contributed by atoms with Crippen molar-refractivity contribution in [2.24, 2.45) is 0 Å². The molecule has 2 heterocycles. The number of benzene rings is 2. The predicted molar refractivity (Wildman–Crippen MR) is 90.7 cm³/mol. The van der Waals surface area contributed by atoms with Gasteiger partial charge in [0.15, 0.2) is 0 Å². The number of fused-ring (bicyclic) bond motifs is 2. The number of para-hydroxylation sites is 1. The van der Waals surface area contributed by atoms with E-state index in [1.165, 1.54) is 5.39 Å². The van der Waals surface area contributed by atoms with Gasteiger partial charge in [0.05, 0.1) is 5.57 Å². The van der Waals surface area contributed by atoms with Gasteiger partial charge in [0.2, 0.25) is 0 Å². The fraction of sp³-hybridized carbons (Fsp3) is 0.105. The summed E-state index contributed by atoms with van der Waals surface area (Å²) in [6.07, 6.45) is 1.95. The van der Waals surface area contributed by atoms with Crippen LogP contribution in [0, 0.1) is 13.8 Å². The Morgan fingerprint density at radius 1 is 1.05 bits per heavy atom. The molecule has 0 bridgehead atoms. The highest BCUT2D eigenvalue weighted by atomic mass is 16.2. The van der Waals surface area contributed by atoms with Crippen molar-refractivity contribution < 1.29 is 4.79 Å². The lowest BCUT2D eigenvalue weighted by Crippen LogP contribution is -2.03. The smallest absolute Gasteiger partial charge is 0.256 e. The summed E-state index contributed by atoms with van der Waals surface area (Å²) in [6, 6.07) is 14.2.